The van der Waals surface area contributed by atoms with Gasteiger partial charge < -0.3 is 15.0 Å². The minimum atomic E-state index is -2.89. The summed E-state index contributed by atoms with van der Waals surface area (Å²) in [6.45, 7) is 3.12. The number of halogens is 3. The van der Waals surface area contributed by atoms with Gasteiger partial charge in [-0.1, -0.05) is 18.2 Å². The zero-order chi connectivity index (χ0) is 21.7. The monoisotopic (exact) mass is 408 g/mol. The number of anilines is 1. The highest BCUT2D eigenvalue weighted by molar-refractivity contribution is 5.92. The van der Waals surface area contributed by atoms with Crippen LogP contribution in [0.3, 0.4) is 0 Å². The maximum atomic E-state index is 14.4. The van der Waals surface area contributed by atoms with Crippen LogP contribution in [-0.2, 0) is 11.8 Å². The summed E-state index contributed by atoms with van der Waals surface area (Å²) in [5.74, 6) is -0.602. The third-order valence-corrected chi connectivity index (χ3v) is 4.29. The van der Waals surface area contributed by atoms with Crippen LogP contribution in [0.2, 0.25) is 0 Å². The molecular formula is C19H19F3N4O3. The Bertz CT molecular complexity index is 1090. The van der Waals surface area contributed by atoms with Gasteiger partial charge in [-0.25, -0.2) is 13.2 Å². The summed E-state index contributed by atoms with van der Waals surface area (Å²) < 4.78 is 41.6. The van der Waals surface area contributed by atoms with Crippen molar-refractivity contribution in [3.8, 4) is 0 Å². The van der Waals surface area contributed by atoms with Gasteiger partial charge in [-0.05, 0) is 13.8 Å². The Morgan fingerprint density at radius 3 is 2.45 bits per heavy atom. The van der Waals surface area contributed by atoms with E-state index in [2.05, 4.69) is 15.5 Å². The van der Waals surface area contributed by atoms with E-state index in [4.69, 9.17) is 9.90 Å². The van der Waals surface area contributed by atoms with E-state index in [0.29, 0.717) is 22.3 Å². The summed E-state index contributed by atoms with van der Waals surface area (Å²) in [5, 5.41) is 19.3. The summed E-state index contributed by atoms with van der Waals surface area (Å²) in [5.41, 5.74) is -0.147. The molecular weight excluding hydrogens is 389 g/mol. The molecule has 2 heterocycles. The van der Waals surface area contributed by atoms with E-state index in [1.54, 1.807) is 27.1 Å². The average molecular weight is 408 g/mol. The number of hydrogen-bond donors (Lipinski definition) is 2. The smallest absolute Gasteiger partial charge is 0.290 e. The number of fused-ring (bicyclic) bond motifs is 1. The van der Waals surface area contributed by atoms with Crippen molar-refractivity contribution < 1.29 is 23.1 Å². The molecule has 3 rings (SSSR count). The Balaban J connectivity index is 0.000000941. The quantitative estimate of drug-likeness (QED) is 0.641. The number of nitrogens with zero attached hydrogens (tertiary/aromatic N) is 3. The lowest BCUT2D eigenvalue weighted by Crippen LogP contribution is -2.17. The van der Waals surface area contributed by atoms with Crippen LogP contribution in [-0.4, -0.2) is 26.3 Å². The first kappa shape index (κ1) is 21.9. The van der Waals surface area contributed by atoms with Crippen molar-refractivity contribution in [1.82, 2.24) is 14.8 Å². The molecule has 2 N–H and O–H groups in total. The van der Waals surface area contributed by atoms with Gasteiger partial charge in [0, 0.05) is 35.6 Å². The number of nitrogens with one attached hydrogen (secondary N) is 1. The molecule has 0 unspecified atom stereocenters. The lowest BCUT2D eigenvalue weighted by molar-refractivity contribution is -0.122. The third-order valence-electron chi connectivity index (χ3n) is 4.29. The lowest BCUT2D eigenvalue weighted by Gasteiger charge is -2.18. The normalized spacial score (nSPS) is 11.7. The fourth-order valence-corrected chi connectivity index (χ4v) is 2.81. The standard InChI is InChI=1S/C18H17F3N4O.CH2O2/c1-9(11-5-4-6-12(16(11)19)17(20)21)22-18-14-8-25(3)15(26)7-13(14)10(2)23-24-18;2-1-3/h4-9,17H,1-3H3,(H,22,24);1H,(H,2,3)/t9-;/m1./s1. The first-order valence-electron chi connectivity index (χ1n) is 8.45. The van der Waals surface area contributed by atoms with Crippen molar-refractivity contribution in [2.45, 2.75) is 26.3 Å². The molecule has 0 aliphatic heterocycles. The number of hydrogen-bond acceptors (Lipinski definition) is 5. The number of carboxylic acid groups (broad SMARTS) is 1. The minimum Gasteiger partial charge on any atom is -0.483 e. The van der Waals surface area contributed by atoms with E-state index in [1.807, 2.05) is 0 Å². The van der Waals surface area contributed by atoms with Gasteiger partial charge in [-0.3, -0.25) is 9.59 Å². The van der Waals surface area contributed by atoms with Crippen molar-refractivity contribution in [2.75, 3.05) is 5.32 Å². The summed E-state index contributed by atoms with van der Waals surface area (Å²) in [7, 11) is 1.61. The molecule has 1 atom stereocenters. The van der Waals surface area contributed by atoms with Gasteiger partial charge >= 0.3 is 0 Å². The van der Waals surface area contributed by atoms with E-state index in [9.17, 15) is 18.0 Å². The molecule has 154 valence electrons. The van der Waals surface area contributed by atoms with Crippen LogP contribution in [0.15, 0.2) is 35.3 Å². The van der Waals surface area contributed by atoms with Crippen molar-refractivity contribution in [2.24, 2.45) is 7.05 Å². The summed E-state index contributed by atoms with van der Waals surface area (Å²) in [4.78, 5) is 20.2. The van der Waals surface area contributed by atoms with Crippen LogP contribution < -0.4 is 10.9 Å². The number of benzene rings is 1. The second-order valence-electron chi connectivity index (χ2n) is 6.21. The maximum Gasteiger partial charge on any atom is 0.290 e. The van der Waals surface area contributed by atoms with E-state index < -0.39 is 23.8 Å². The van der Waals surface area contributed by atoms with Crippen LogP contribution in [0.25, 0.3) is 10.8 Å². The Hall–Kier alpha value is -3.43. The second kappa shape index (κ2) is 9.18. The fourth-order valence-electron chi connectivity index (χ4n) is 2.81. The highest BCUT2D eigenvalue weighted by Gasteiger charge is 2.20. The van der Waals surface area contributed by atoms with Crippen molar-refractivity contribution in [1.29, 1.82) is 0 Å². The number of carbonyl (C=O) groups is 1. The van der Waals surface area contributed by atoms with Gasteiger partial charge in [0.25, 0.3) is 18.5 Å². The van der Waals surface area contributed by atoms with E-state index in [0.717, 1.165) is 6.07 Å². The van der Waals surface area contributed by atoms with Gasteiger partial charge in [0.2, 0.25) is 0 Å². The largest absolute Gasteiger partial charge is 0.483 e. The van der Waals surface area contributed by atoms with Gasteiger partial charge in [0.1, 0.15) is 5.82 Å². The first-order valence-corrected chi connectivity index (χ1v) is 8.45. The Morgan fingerprint density at radius 2 is 1.83 bits per heavy atom. The molecule has 0 spiro atoms. The Morgan fingerprint density at radius 1 is 1.21 bits per heavy atom. The third kappa shape index (κ3) is 4.71. The zero-order valence-electron chi connectivity index (χ0n) is 15.9. The van der Waals surface area contributed by atoms with Gasteiger partial charge in [-0.2, -0.15) is 5.10 Å². The van der Waals surface area contributed by atoms with Crippen LogP contribution in [0.5, 0.6) is 0 Å². The predicted molar refractivity (Wildman–Crippen MR) is 102 cm³/mol. The van der Waals surface area contributed by atoms with Crippen LogP contribution in [0, 0.1) is 12.7 Å². The molecule has 0 bridgehead atoms. The van der Waals surface area contributed by atoms with Crippen LogP contribution >= 0.6 is 0 Å². The number of alkyl halides is 2. The SMILES string of the molecule is Cc1nnc(N[C@H](C)c2cccc(C(F)F)c2F)c2cn(C)c(=O)cc12.O=CO. The highest BCUT2D eigenvalue weighted by Crippen LogP contribution is 2.30. The molecule has 0 radical (unpaired) electrons. The number of aromatic nitrogens is 3. The summed E-state index contributed by atoms with van der Waals surface area (Å²) in [6, 6.07) is 4.71. The van der Waals surface area contributed by atoms with Crippen molar-refractivity contribution in [3.63, 3.8) is 0 Å². The Labute approximate surface area is 163 Å². The summed E-state index contributed by atoms with van der Waals surface area (Å²) in [6.07, 6.45) is -1.28. The first-order chi connectivity index (χ1) is 13.7. The zero-order valence-corrected chi connectivity index (χ0v) is 15.9. The topological polar surface area (TPSA) is 97.1 Å². The van der Waals surface area contributed by atoms with E-state index in [-0.39, 0.29) is 17.6 Å². The van der Waals surface area contributed by atoms with Crippen LogP contribution in [0.4, 0.5) is 19.0 Å². The predicted octanol–water partition coefficient (Wildman–Crippen LogP) is 3.59. The molecule has 29 heavy (non-hydrogen) atoms. The minimum absolute atomic E-state index is 0.100. The molecule has 0 fully saturated rings. The maximum absolute atomic E-state index is 14.4. The fraction of sp³-hybridized carbons (Fsp3) is 0.263. The average Bonchev–Trinajstić information content (AvgIpc) is 2.66. The second-order valence-corrected chi connectivity index (χ2v) is 6.21. The molecule has 3 aromatic rings. The number of aryl methyl sites for hydroxylation is 2. The van der Waals surface area contributed by atoms with Crippen molar-refractivity contribution in [3.05, 3.63) is 63.5 Å². The molecule has 2 aromatic heterocycles. The lowest BCUT2D eigenvalue weighted by atomic mass is 10.0. The van der Waals surface area contributed by atoms with E-state index >= 15 is 0 Å². The molecule has 0 amide bonds. The van der Waals surface area contributed by atoms with Gasteiger partial charge in [-0.15, -0.1) is 5.10 Å². The molecule has 0 aliphatic rings. The molecule has 10 heteroatoms. The molecule has 7 nitrogen and oxygen atoms in total. The highest BCUT2D eigenvalue weighted by atomic mass is 19.3. The number of rotatable bonds is 4. The summed E-state index contributed by atoms with van der Waals surface area (Å²) >= 11 is 0. The molecule has 1 aromatic carbocycles. The molecule has 0 aliphatic carbocycles. The van der Waals surface area contributed by atoms with Crippen molar-refractivity contribution >= 4 is 23.1 Å². The van der Waals surface area contributed by atoms with Gasteiger partial charge in [0.15, 0.2) is 5.82 Å². The molecule has 0 saturated carbocycles. The van der Waals surface area contributed by atoms with E-state index in [1.165, 1.54) is 22.8 Å². The molecule has 0 saturated heterocycles. The number of pyridine rings is 1. The van der Waals surface area contributed by atoms with Gasteiger partial charge in [0.05, 0.1) is 17.3 Å². The Kier molecular flexibility index (Phi) is 6.92. The van der Waals surface area contributed by atoms with Crippen LogP contribution in [0.1, 0.15) is 36.2 Å².